The number of halogens is 1. The number of imidazole rings is 1. The number of carbonyl (C=O) groups excluding carboxylic acids is 2. The first-order valence-corrected chi connectivity index (χ1v) is 13.3. The third-order valence-electron chi connectivity index (χ3n) is 7.05. The van der Waals surface area contributed by atoms with Gasteiger partial charge in [0, 0.05) is 56.4 Å². The van der Waals surface area contributed by atoms with Crippen LogP contribution in [0.5, 0.6) is 0 Å². The van der Waals surface area contributed by atoms with Gasteiger partial charge in [-0.2, -0.15) is 0 Å². The molecular formula is C28H34ClN5O3. The minimum atomic E-state index is -0.519. The Hall–Kier alpha value is -3.26. The molecule has 2 aliphatic rings. The number of hydrogen-bond acceptors (Lipinski definition) is 5. The zero-order valence-electron chi connectivity index (χ0n) is 21.7. The summed E-state index contributed by atoms with van der Waals surface area (Å²) in [4.78, 5) is 39.5. The number of piperidine rings is 1. The van der Waals surface area contributed by atoms with E-state index in [1.54, 1.807) is 4.90 Å². The van der Waals surface area contributed by atoms with E-state index in [0.29, 0.717) is 31.2 Å². The molecule has 0 spiro atoms. The van der Waals surface area contributed by atoms with Crippen molar-refractivity contribution in [2.45, 2.75) is 39.2 Å². The molecule has 8 nitrogen and oxygen atoms in total. The second-order valence-corrected chi connectivity index (χ2v) is 11.2. The Morgan fingerprint density at radius 1 is 0.973 bits per heavy atom. The molecule has 2 fully saturated rings. The maximum absolute atomic E-state index is 13.2. The van der Waals surface area contributed by atoms with Crippen molar-refractivity contribution in [3.05, 3.63) is 47.5 Å². The fourth-order valence-electron chi connectivity index (χ4n) is 5.05. The average molecular weight is 524 g/mol. The summed E-state index contributed by atoms with van der Waals surface area (Å²) < 4.78 is 5.47. The number of rotatable bonds is 3. The SMILES string of the molecule is CC(C)(C)OC(=O)N1CCN(C(=O)C2CCN(c3ccc(Cl)c(-c4nc5ccccc5[nH]4)c3)CC2)CC1. The summed E-state index contributed by atoms with van der Waals surface area (Å²) in [5.41, 5.74) is 3.32. The number of amides is 2. The van der Waals surface area contributed by atoms with Crippen LogP contribution in [-0.2, 0) is 9.53 Å². The third-order valence-corrected chi connectivity index (χ3v) is 7.38. The van der Waals surface area contributed by atoms with Gasteiger partial charge in [0.05, 0.1) is 16.1 Å². The molecule has 5 rings (SSSR count). The maximum Gasteiger partial charge on any atom is 0.410 e. The van der Waals surface area contributed by atoms with Gasteiger partial charge in [-0.1, -0.05) is 23.7 Å². The van der Waals surface area contributed by atoms with Gasteiger partial charge in [-0.3, -0.25) is 4.79 Å². The number of aromatic nitrogens is 2. The molecule has 0 bridgehead atoms. The Morgan fingerprint density at radius 3 is 2.32 bits per heavy atom. The molecule has 196 valence electrons. The van der Waals surface area contributed by atoms with Gasteiger partial charge in [-0.15, -0.1) is 0 Å². The molecule has 2 aliphatic heterocycles. The molecule has 0 unspecified atom stereocenters. The molecule has 2 aromatic carbocycles. The fourth-order valence-corrected chi connectivity index (χ4v) is 5.26. The largest absolute Gasteiger partial charge is 0.444 e. The lowest BCUT2D eigenvalue weighted by Gasteiger charge is -2.39. The standard InChI is InChI=1S/C28H34ClN5O3/c1-28(2,3)37-27(36)34-16-14-33(15-17-34)26(35)19-10-12-32(13-11-19)20-8-9-22(29)21(18-20)25-30-23-6-4-5-7-24(23)31-25/h4-9,18-19H,10-17H2,1-3H3,(H,30,31). The van der Waals surface area contributed by atoms with E-state index in [-0.39, 0.29) is 17.9 Å². The Kier molecular flexibility index (Phi) is 7.03. The molecule has 0 saturated carbocycles. The molecule has 1 N–H and O–H groups in total. The Balaban J connectivity index is 1.18. The zero-order chi connectivity index (χ0) is 26.2. The van der Waals surface area contributed by atoms with E-state index in [0.717, 1.165) is 54.0 Å². The van der Waals surface area contributed by atoms with E-state index < -0.39 is 5.60 Å². The number of benzene rings is 2. The number of para-hydroxylation sites is 2. The van der Waals surface area contributed by atoms with Crippen molar-refractivity contribution in [3.63, 3.8) is 0 Å². The Bertz CT molecular complexity index is 1250. The molecule has 3 heterocycles. The van der Waals surface area contributed by atoms with Crippen LogP contribution in [0.1, 0.15) is 33.6 Å². The van der Waals surface area contributed by atoms with Crippen LogP contribution in [0, 0.1) is 5.92 Å². The molecular weight excluding hydrogens is 490 g/mol. The lowest BCUT2D eigenvalue weighted by molar-refractivity contribution is -0.138. The van der Waals surface area contributed by atoms with Crippen molar-refractivity contribution >= 4 is 40.3 Å². The smallest absolute Gasteiger partial charge is 0.410 e. The van der Waals surface area contributed by atoms with Crippen molar-refractivity contribution in [1.29, 1.82) is 0 Å². The first-order valence-electron chi connectivity index (χ1n) is 12.9. The van der Waals surface area contributed by atoms with Gasteiger partial charge in [0.2, 0.25) is 5.91 Å². The first-order chi connectivity index (χ1) is 17.7. The summed E-state index contributed by atoms with van der Waals surface area (Å²) >= 11 is 6.55. The van der Waals surface area contributed by atoms with Crippen molar-refractivity contribution < 1.29 is 14.3 Å². The maximum atomic E-state index is 13.2. The van der Waals surface area contributed by atoms with E-state index >= 15 is 0 Å². The fraction of sp³-hybridized carbons (Fsp3) is 0.464. The molecule has 0 radical (unpaired) electrons. The van der Waals surface area contributed by atoms with Crippen molar-refractivity contribution in [3.8, 4) is 11.4 Å². The molecule has 0 aliphatic carbocycles. The van der Waals surface area contributed by atoms with Crippen LogP contribution in [0.2, 0.25) is 5.02 Å². The summed E-state index contributed by atoms with van der Waals surface area (Å²) in [6.07, 6.45) is 1.29. The van der Waals surface area contributed by atoms with Crippen LogP contribution in [0.4, 0.5) is 10.5 Å². The lowest BCUT2D eigenvalue weighted by atomic mass is 9.94. The van der Waals surface area contributed by atoms with Crippen LogP contribution in [0.3, 0.4) is 0 Å². The average Bonchev–Trinajstić information content (AvgIpc) is 3.32. The van der Waals surface area contributed by atoms with Crippen molar-refractivity contribution in [2.24, 2.45) is 5.92 Å². The molecule has 9 heteroatoms. The Morgan fingerprint density at radius 2 is 1.65 bits per heavy atom. The van der Waals surface area contributed by atoms with Gasteiger partial charge in [0.25, 0.3) is 0 Å². The second kappa shape index (κ2) is 10.2. The van der Waals surface area contributed by atoms with Crippen molar-refractivity contribution in [2.75, 3.05) is 44.2 Å². The summed E-state index contributed by atoms with van der Waals surface area (Å²) in [7, 11) is 0. The van der Waals surface area contributed by atoms with E-state index in [4.69, 9.17) is 21.3 Å². The Labute approximate surface area is 222 Å². The van der Waals surface area contributed by atoms with Crippen molar-refractivity contribution in [1.82, 2.24) is 19.8 Å². The van der Waals surface area contributed by atoms with Gasteiger partial charge in [-0.25, -0.2) is 9.78 Å². The number of aromatic amines is 1. The zero-order valence-corrected chi connectivity index (χ0v) is 22.4. The number of fused-ring (bicyclic) bond motifs is 1. The van der Waals surface area contributed by atoms with Crippen LogP contribution < -0.4 is 4.90 Å². The quantitative estimate of drug-likeness (QED) is 0.511. The van der Waals surface area contributed by atoms with Gasteiger partial charge >= 0.3 is 6.09 Å². The molecule has 2 amide bonds. The monoisotopic (exact) mass is 523 g/mol. The third kappa shape index (κ3) is 5.69. The summed E-state index contributed by atoms with van der Waals surface area (Å²) in [5.74, 6) is 0.956. The van der Waals surface area contributed by atoms with E-state index in [1.165, 1.54) is 0 Å². The van der Waals surface area contributed by atoms with Gasteiger partial charge in [0.15, 0.2) is 0 Å². The number of ether oxygens (including phenoxy) is 1. The molecule has 1 aromatic heterocycles. The van der Waals surface area contributed by atoms with E-state index in [1.807, 2.05) is 62.1 Å². The van der Waals surface area contributed by atoms with Crippen LogP contribution >= 0.6 is 11.6 Å². The predicted molar refractivity (Wildman–Crippen MR) is 146 cm³/mol. The molecule has 0 atom stereocenters. The van der Waals surface area contributed by atoms with Gasteiger partial charge < -0.3 is 24.4 Å². The number of nitrogens with one attached hydrogen (secondary N) is 1. The van der Waals surface area contributed by atoms with Crippen LogP contribution in [0.15, 0.2) is 42.5 Å². The second-order valence-electron chi connectivity index (χ2n) is 10.8. The van der Waals surface area contributed by atoms with Crippen LogP contribution in [0.25, 0.3) is 22.4 Å². The highest BCUT2D eigenvalue weighted by atomic mass is 35.5. The minimum absolute atomic E-state index is 0.00599. The highest BCUT2D eigenvalue weighted by Crippen LogP contribution is 2.33. The summed E-state index contributed by atoms with van der Waals surface area (Å²) in [6.45, 7) is 9.31. The van der Waals surface area contributed by atoms with Gasteiger partial charge in [-0.05, 0) is 63.9 Å². The number of H-pyrrole nitrogens is 1. The first kappa shape index (κ1) is 25.4. The molecule has 2 saturated heterocycles. The molecule has 37 heavy (non-hydrogen) atoms. The summed E-state index contributed by atoms with van der Waals surface area (Å²) in [6, 6.07) is 14.0. The predicted octanol–water partition coefficient (Wildman–Crippen LogP) is 5.18. The number of carbonyl (C=O) groups is 2. The normalized spacial score (nSPS) is 17.4. The van der Waals surface area contributed by atoms with E-state index in [2.05, 4.69) is 16.0 Å². The van der Waals surface area contributed by atoms with Gasteiger partial charge in [0.1, 0.15) is 11.4 Å². The highest BCUT2D eigenvalue weighted by Gasteiger charge is 2.32. The lowest BCUT2D eigenvalue weighted by Crippen LogP contribution is -2.53. The number of nitrogens with zero attached hydrogens (tertiary/aromatic N) is 4. The van der Waals surface area contributed by atoms with E-state index in [9.17, 15) is 9.59 Å². The number of anilines is 1. The number of piperazine rings is 1. The summed E-state index contributed by atoms with van der Waals surface area (Å²) in [5, 5.41) is 0.651. The molecule has 3 aromatic rings. The topological polar surface area (TPSA) is 81.8 Å². The minimum Gasteiger partial charge on any atom is -0.444 e. The van der Waals surface area contributed by atoms with Crippen LogP contribution in [-0.4, -0.2) is 76.6 Å². The highest BCUT2D eigenvalue weighted by molar-refractivity contribution is 6.33. The number of hydrogen-bond donors (Lipinski definition) is 1.